The van der Waals surface area contributed by atoms with Crippen LogP contribution in [0.5, 0.6) is 0 Å². The van der Waals surface area contributed by atoms with Gasteiger partial charge in [-0.2, -0.15) is 0 Å². The standard InChI is InChI=1S/C11H22O2S/c12-10-8-6-4-2-1-3-5-7-9-11(13)14/h12H,1-10H2,(H,13,14). The van der Waals surface area contributed by atoms with Crippen molar-refractivity contribution in [1.29, 1.82) is 0 Å². The maximum atomic E-state index is 10.5. The molecule has 0 aromatic carbocycles. The van der Waals surface area contributed by atoms with Crippen LogP contribution in [0, 0.1) is 0 Å². The molecule has 3 heteroatoms. The van der Waals surface area contributed by atoms with Crippen LogP contribution in [0.4, 0.5) is 0 Å². The van der Waals surface area contributed by atoms with Crippen molar-refractivity contribution < 1.29 is 9.90 Å². The lowest BCUT2D eigenvalue weighted by Gasteiger charge is -2.00. The highest BCUT2D eigenvalue weighted by molar-refractivity contribution is 7.96. The Morgan fingerprint density at radius 1 is 0.857 bits per heavy atom. The minimum absolute atomic E-state index is 0.00736. The zero-order valence-corrected chi connectivity index (χ0v) is 9.77. The molecule has 0 fully saturated rings. The van der Waals surface area contributed by atoms with Gasteiger partial charge in [-0.25, -0.2) is 0 Å². The molecule has 0 atom stereocenters. The van der Waals surface area contributed by atoms with Crippen molar-refractivity contribution in [3.05, 3.63) is 0 Å². The smallest absolute Gasteiger partial charge is 0.185 e. The van der Waals surface area contributed by atoms with Gasteiger partial charge in [-0.15, -0.1) is 12.6 Å². The lowest BCUT2D eigenvalue weighted by Crippen LogP contribution is -1.87. The van der Waals surface area contributed by atoms with Gasteiger partial charge >= 0.3 is 0 Å². The molecule has 1 N–H and O–H groups in total. The van der Waals surface area contributed by atoms with E-state index in [1.165, 1.54) is 25.7 Å². The molecule has 0 bridgehead atoms. The largest absolute Gasteiger partial charge is 0.396 e. The Labute approximate surface area is 92.5 Å². The molecule has 0 aliphatic rings. The van der Waals surface area contributed by atoms with E-state index >= 15 is 0 Å². The summed E-state index contributed by atoms with van der Waals surface area (Å²) >= 11 is 3.72. The Morgan fingerprint density at radius 3 is 1.71 bits per heavy atom. The topological polar surface area (TPSA) is 37.3 Å². The van der Waals surface area contributed by atoms with Gasteiger partial charge in [0.15, 0.2) is 5.12 Å². The van der Waals surface area contributed by atoms with E-state index in [1.54, 1.807) is 0 Å². The highest BCUT2D eigenvalue weighted by Gasteiger charge is 1.95. The first-order valence-electron chi connectivity index (χ1n) is 5.60. The van der Waals surface area contributed by atoms with Gasteiger partial charge in [0.2, 0.25) is 0 Å². The van der Waals surface area contributed by atoms with Gasteiger partial charge in [-0.05, 0) is 12.8 Å². The first-order valence-corrected chi connectivity index (χ1v) is 6.04. The van der Waals surface area contributed by atoms with Crippen molar-refractivity contribution in [3.63, 3.8) is 0 Å². The molecule has 0 aliphatic heterocycles. The van der Waals surface area contributed by atoms with Crippen molar-refractivity contribution in [2.75, 3.05) is 6.61 Å². The summed E-state index contributed by atoms with van der Waals surface area (Å²) in [5.41, 5.74) is 0. The van der Waals surface area contributed by atoms with Crippen molar-refractivity contribution in [1.82, 2.24) is 0 Å². The molecular formula is C11H22O2S. The van der Waals surface area contributed by atoms with Gasteiger partial charge < -0.3 is 5.11 Å². The number of carbonyl (C=O) groups excluding carboxylic acids is 1. The minimum atomic E-state index is 0.00736. The molecule has 0 amide bonds. The lowest BCUT2D eigenvalue weighted by molar-refractivity contribution is -0.110. The number of hydrogen-bond acceptors (Lipinski definition) is 2. The van der Waals surface area contributed by atoms with Gasteiger partial charge in [0.25, 0.3) is 0 Å². The summed E-state index contributed by atoms with van der Waals surface area (Å²) < 4.78 is 0. The molecule has 0 spiro atoms. The molecule has 0 radical (unpaired) electrons. The third kappa shape index (κ3) is 12.0. The van der Waals surface area contributed by atoms with Crippen molar-refractivity contribution >= 4 is 17.7 Å². The highest BCUT2D eigenvalue weighted by Crippen LogP contribution is 2.09. The van der Waals surface area contributed by atoms with Crippen LogP contribution in [0.1, 0.15) is 57.8 Å². The Hall–Kier alpha value is -0.0200. The summed E-state index contributed by atoms with van der Waals surface area (Å²) in [4.78, 5) is 10.5. The average molecular weight is 218 g/mol. The number of carbonyl (C=O) groups is 1. The molecule has 14 heavy (non-hydrogen) atoms. The number of rotatable bonds is 10. The third-order valence-electron chi connectivity index (χ3n) is 2.30. The monoisotopic (exact) mass is 218 g/mol. The summed E-state index contributed by atoms with van der Waals surface area (Å²) in [5, 5.41) is 8.56. The molecule has 2 nitrogen and oxygen atoms in total. The first-order chi connectivity index (χ1) is 6.77. The summed E-state index contributed by atoms with van der Waals surface area (Å²) in [6, 6.07) is 0. The summed E-state index contributed by atoms with van der Waals surface area (Å²) in [7, 11) is 0. The fourth-order valence-electron chi connectivity index (χ4n) is 1.45. The second-order valence-corrected chi connectivity index (χ2v) is 4.19. The Balaban J connectivity index is 2.88. The SMILES string of the molecule is O=C(S)CCCCCCCCCCO. The number of aliphatic hydroxyl groups is 1. The van der Waals surface area contributed by atoms with Crippen LogP contribution in [0.2, 0.25) is 0 Å². The van der Waals surface area contributed by atoms with Crippen LogP contribution in [0.3, 0.4) is 0 Å². The second-order valence-electron chi connectivity index (χ2n) is 3.70. The van der Waals surface area contributed by atoms with E-state index < -0.39 is 0 Å². The van der Waals surface area contributed by atoms with Crippen LogP contribution >= 0.6 is 12.6 Å². The van der Waals surface area contributed by atoms with Crippen LogP contribution < -0.4 is 0 Å². The van der Waals surface area contributed by atoms with E-state index in [-0.39, 0.29) is 5.12 Å². The number of thiol groups is 1. The summed E-state index contributed by atoms with van der Waals surface area (Å²) in [5.74, 6) is 0. The van der Waals surface area contributed by atoms with Crippen LogP contribution in [0.15, 0.2) is 0 Å². The Kier molecular flexibility index (Phi) is 11.0. The fourth-order valence-corrected chi connectivity index (χ4v) is 1.61. The zero-order chi connectivity index (χ0) is 10.6. The molecule has 0 aliphatic carbocycles. The molecule has 0 saturated heterocycles. The molecular weight excluding hydrogens is 196 g/mol. The molecule has 0 aromatic rings. The number of unbranched alkanes of at least 4 members (excludes halogenated alkanes) is 7. The van der Waals surface area contributed by atoms with Crippen molar-refractivity contribution in [2.45, 2.75) is 57.8 Å². The summed E-state index contributed by atoms with van der Waals surface area (Å²) in [6.07, 6.45) is 9.80. The first kappa shape index (κ1) is 14.0. The van der Waals surface area contributed by atoms with Crippen LogP contribution in [-0.4, -0.2) is 16.8 Å². The van der Waals surface area contributed by atoms with Crippen molar-refractivity contribution in [2.24, 2.45) is 0 Å². The van der Waals surface area contributed by atoms with Gasteiger partial charge in [0, 0.05) is 13.0 Å². The predicted octanol–water partition coefficient (Wildman–Crippen LogP) is 2.95. The maximum absolute atomic E-state index is 10.5. The van der Waals surface area contributed by atoms with E-state index in [0.717, 1.165) is 25.7 Å². The lowest BCUT2D eigenvalue weighted by atomic mass is 10.1. The van der Waals surface area contributed by atoms with E-state index in [0.29, 0.717) is 13.0 Å². The molecule has 0 rings (SSSR count). The van der Waals surface area contributed by atoms with Gasteiger partial charge in [0.1, 0.15) is 0 Å². The Morgan fingerprint density at radius 2 is 1.29 bits per heavy atom. The average Bonchev–Trinajstić information content (AvgIpc) is 2.15. The summed E-state index contributed by atoms with van der Waals surface area (Å²) in [6.45, 7) is 0.323. The molecule has 0 unspecified atom stereocenters. The third-order valence-corrected chi connectivity index (χ3v) is 2.52. The van der Waals surface area contributed by atoms with E-state index in [9.17, 15) is 4.79 Å². The number of hydrogen-bond donors (Lipinski definition) is 2. The second kappa shape index (κ2) is 11.1. The molecule has 84 valence electrons. The zero-order valence-electron chi connectivity index (χ0n) is 8.87. The van der Waals surface area contributed by atoms with Crippen LogP contribution in [-0.2, 0) is 4.79 Å². The molecule has 0 saturated carbocycles. The minimum Gasteiger partial charge on any atom is -0.396 e. The molecule has 0 heterocycles. The van der Waals surface area contributed by atoms with E-state index in [4.69, 9.17) is 5.11 Å². The predicted molar refractivity (Wildman–Crippen MR) is 62.6 cm³/mol. The fraction of sp³-hybridized carbons (Fsp3) is 0.909. The van der Waals surface area contributed by atoms with Gasteiger partial charge in [-0.3, -0.25) is 4.79 Å². The van der Waals surface area contributed by atoms with E-state index in [2.05, 4.69) is 12.6 Å². The van der Waals surface area contributed by atoms with Crippen LogP contribution in [0.25, 0.3) is 0 Å². The van der Waals surface area contributed by atoms with Gasteiger partial charge in [0.05, 0.1) is 0 Å². The quantitative estimate of drug-likeness (QED) is 0.437. The number of aliphatic hydroxyl groups excluding tert-OH is 1. The van der Waals surface area contributed by atoms with Crippen molar-refractivity contribution in [3.8, 4) is 0 Å². The van der Waals surface area contributed by atoms with E-state index in [1.807, 2.05) is 0 Å². The normalized spacial score (nSPS) is 10.4. The highest BCUT2D eigenvalue weighted by atomic mass is 32.1. The Bertz CT molecular complexity index is 137. The molecule has 0 aromatic heterocycles. The maximum Gasteiger partial charge on any atom is 0.185 e. The van der Waals surface area contributed by atoms with Gasteiger partial charge in [-0.1, -0.05) is 38.5 Å².